The Hall–Kier alpha value is -1.61. The van der Waals surface area contributed by atoms with Gasteiger partial charge in [-0.2, -0.15) is 0 Å². The summed E-state index contributed by atoms with van der Waals surface area (Å²) in [7, 11) is -3.31. The van der Waals surface area contributed by atoms with Gasteiger partial charge in [-0.3, -0.25) is 0 Å². The minimum absolute atomic E-state index is 0.257. The molecule has 0 aromatic heterocycles. The van der Waals surface area contributed by atoms with Crippen LogP contribution in [0.3, 0.4) is 0 Å². The van der Waals surface area contributed by atoms with Gasteiger partial charge in [0.1, 0.15) is 0 Å². The summed E-state index contributed by atoms with van der Waals surface area (Å²) in [5.41, 5.74) is 2.31. The first-order valence-corrected chi connectivity index (χ1v) is 9.12. The van der Waals surface area contributed by atoms with Crippen molar-refractivity contribution in [2.75, 3.05) is 0 Å². The van der Waals surface area contributed by atoms with Gasteiger partial charge >= 0.3 is 0 Å². The van der Waals surface area contributed by atoms with E-state index in [1.54, 1.807) is 24.3 Å². The summed E-state index contributed by atoms with van der Waals surface area (Å²) in [5, 5.41) is -0.358. The lowest BCUT2D eigenvalue weighted by molar-refractivity contribution is 0.486. The summed E-state index contributed by atoms with van der Waals surface area (Å²) >= 11 is 0. The van der Waals surface area contributed by atoms with Gasteiger partial charge in [0.05, 0.1) is 10.1 Å². The molecule has 3 heteroatoms. The third-order valence-electron chi connectivity index (χ3n) is 5.07. The van der Waals surface area contributed by atoms with Crippen LogP contribution >= 0.6 is 0 Å². The van der Waals surface area contributed by atoms with E-state index in [9.17, 15) is 8.42 Å². The van der Waals surface area contributed by atoms with Gasteiger partial charge < -0.3 is 0 Å². The van der Waals surface area contributed by atoms with Crippen molar-refractivity contribution in [3.05, 3.63) is 65.7 Å². The molecule has 0 aliphatic heterocycles. The van der Waals surface area contributed by atoms with Crippen LogP contribution in [0, 0.1) is 5.92 Å². The Balaban J connectivity index is 1.88. The predicted molar refractivity (Wildman–Crippen MR) is 82.9 cm³/mol. The highest BCUT2D eigenvalue weighted by molar-refractivity contribution is 7.91. The Morgan fingerprint density at radius 2 is 1.48 bits per heavy atom. The van der Waals surface area contributed by atoms with Crippen molar-refractivity contribution in [3.8, 4) is 0 Å². The van der Waals surface area contributed by atoms with Crippen molar-refractivity contribution in [2.24, 2.45) is 5.92 Å². The van der Waals surface area contributed by atoms with Crippen molar-refractivity contribution in [3.63, 3.8) is 0 Å². The van der Waals surface area contributed by atoms with Crippen molar-refractivity contribution in [2.45, 2.75) is 35.3 Å². The summed E-state index contributed by atoms with van der Waals surface area (Å²) in [6.45, 7) is 0. The lowest BCUT2D eigenvalue weighted by atomic mass is 9.96. The van der Waals surface area contributed by atoms with Gasteiger partial charge in [0.2, 0.25) is 0 Å². The molecule has 0 saturated heterocycles. The summed E-state index contributed by atoms with van der Waals surface area (Å²) in [6, 6.07) is 17.1. The van der Waals surface area contributed by atoms with E-state index >= 15 is 0 Å². The minimum atomic E-state index is -3.31. The maximum atomic E-state index is 13.1. The highest BCUT2D eigenvalue weighted by Crippen LogP contribution is 2.57. The molecule has 0 amide bonds. The Morgan fingerprint density at radius 3 is 2.24 bits per heavy atom. The van der Waals surface area contributed by atoms with Crippen LogP contribution in [0.2, 0.25) is 0 Å². The smallest absolute Gasteiger partial charge is 0.185 e. The molecular formula is C18H18O2S. The van der Waals surface area contributed by atoms with E-state index in [0.717, 1.165) is 24.8 Å². The van der Waals surface area contributed by atoms with Crippen LogP contribution in [0.1, 0.15) is 41.6 Å². The fraction of sp³-hybridized carbons (Fsp3) is 0.333. The normalized spacial score (nSPS) is 27.3. The van der Waals surface area contributed by atoms with Crippen molar-refractivity contribution in [1.29, 1.82) is 0 Å². The standard InChI is InChI=1S/C18H18O2S/c19-21(20,13-7-2-1-3-8-13)18-16-10-5-4-9-14(16)15-11-6-12-17(15)18/h1-5,7-10,15,17-18H,6,11-12H2/t15-,17-,18+/m1/s1. The molecule has 0 bridgehead atoms. The van der Waals surface area contributed by atoms with Gasteiger partial charge in [-0.1, -0.05) is 48.9 Å². The zero-order valence-electron chi connectivity index (χ0n) is 11.8. The molecule has 2 aromatic rings. The number of sulfone groups is 1. The number of benzene rings is 2. The maximum absolute atomic E-state index is 13.1. The first kappa shape index (κ1) is 13.1. The molecule has 2 aliphatic rings. The van der Waals surface area contributed by atoms with Crippen LogP contribution < -0.4 is 0 Å². The second-order valence-electron chi connectivity index (χ2n) is 6.11. The highest BCUT2D eigenvalue weighted by Gasteiger charge is 2.49. The molecule has 21 heavy (non-hydrogen) atoms. The third-order valence-corrected chi connectivity index (χ3v) is 7.27. The summed E-state index contributed by atoms with van der Waals surface area (Å²) < 4.78 is 26.3. The van der Waals surface area contributed by atoms with Crippen molar-refractivity contribution < 1.29 is 8.42 Å². The van der Waals surface area contributed by atoms with Gasteiger partial charge in [-0.15, -0.1) is 0 Å². The molecule has 0 heterocycles. The molecule has 2 aliphatic carbocycles. The summed E-state index contributed by atoms with van der Waals surface area (Å²) in [6.07, 6.45) is 3.29. The third kappa shape index (κ3) is 1.87. The van der Waals surface area contributed by atoms with Crippen LogP contribution in [0.4, 0.5) is 0 Å². The van der Waals surface area contributed by atoms with Crippen LogP contribution in [-0.2, 0) is 9.84 Å². The van der Waals surface area contributed by atoms with Gasteiger partial charge in [0.25, 0.3) is 0 Å². The molecule has 0 unspecified atom stereocenters. The Bertz CT molecular complexity index is 765. The van der Waals surface area contributed by atoms with E-state index in [0.29, 0.717) is 10.8 Å². The van der Waals surface area contributed by atoms with Crippen LogP contribution in [0.15, 0.2) is 59.5 Å². The first-order valence-electron chi connectivity index (χ1n) is 7.57. The second kappa shape index (κ2) is 4.70. The summed E-state index contributed by atoms with van der Waals surface area (Å²) in [4.78, 5) is 0.456. The molecule has 0 radical (unpaired) electrons. The lowest BCUT2D eigenvalue weighted by Crippen LogP contribution is -2.18. The molecule has 3 atom stereocenters. The molecule has 2 aromatic carbocycles. The SMILES string of the molecule is O=S(=O)(c1ccccc1)[C@H]1c2ccccc2[C@H]2CCC[C@H]21. The topological polar surface area (TPSA) is 34.1 Å². The van der Waals surface area contributed by atoms with Crippen LogP contribution in [0.5, 0.6) is 0 Å². The Labute approximate surface area is 125 Å². The van der Waals surface area contributed by atoms with E-state index in [1.165, 1.54) is 5.56 Å². The van der Waals surface area contributed by atoms with E-state index < -0.39 is 9.84 Å². The van der Waals surface area contributed by atoms with Crippen LogP contribution in [0.25, 0.3) is 0 Å². The zero-order valence-corrected chi connectivity index (χ0v) is 12.6. The monoisotopic (exact) mass is 298 g/mol. The van der Waals surface area contributed by atoms with E-state index in [2.05, 4.69) is 6.07 Å². The number of hydrogen-bond acceptors (Lipinski definition) is 2. The number of hydrogen-bond donors (Lipinski definition) is 0. The summed E-state index contributed by atoms with van der Waals surface area (Å²) in [5.74, 6) is 0.692. The lowest BCUT2D eigenvalue weighted by Gasteiger charge is -2.20. The van der Waals surface area contributed by atoms with Crippen molar-refractivity contribution >= 4 is 9.84 Å². The molecule has 0 N–H and O–H groups in total. The number of fused-ring (bicyclic) bond motifs is 3. The average Bonchev–Trinajstić information content (AvgIpc) is 3.08. The fourth-order valence-electron chi connectivity index (χ4n) is 4.23. The van der Waals surface area contributed by atoms with Gasteiger partial charge in [0, 0.05) is 0 Å². The molecular weight excluding hydrogens is 280 g/mol. The molecule has 0 spiro atoms. The molecule has 1 saturated carbocycles. The molecule has 108 valence electrons. The number of rotatable bonds is 2. The van der Waals surface area contributed by atoms with Gasteiger partial charge in [-0.25, -0.2) is 8.42 Å². The van der Waals surface area contributed by atoms with E-state index in [1.807, 2.05) is 24.3 Å². The second-order valence-corrected chi connectivity index (χ2v) is 8.18. The maximum Gasteiger partial charge on any atom is 0.185 e. The zero-order chi connectivity index (χ0) is 14.4. The predicted octanol–water partition coefficient (Wildman–Crippen LogP) is 4.10. The fourth-order valence-corrected chi connectivity index (χ4v) is 6.39. The first-order chi connectivity index (χ1) is 10.2. The molecule has 1 fully saturated rings. The Morgan fingerprint density at radius 1 is 0.810 bits per heavy atom. The van der Waals surface area contributed by atoms with Crippen LogP contribution in [-0.4, -0.2) is 8.42 Å². The van der Waals surface area contributed by atoms with Crippen molar-refractivity contribution in [1.82, 2.24) is 0 Å². The average molecular weight is 298 g/mol. The van der Waals surface area contributed by atoms with Gasteiger partial charge in [-0.05, 0) is 47.9 Å². The minimum Gasteiger partial charge on any atom is -0.223 e. The molecule has 4 rings (SSSR count). The highest BCUT2D eigenvalue weighted by atomic mass is 32.2. The largest absolute Gasteiger partial charge is 0.223 e. The quantitative estimate of drug-likeness (QED) is 0.836. The Kier molecular flexibility index (Phi) is 2.93. The van der Waals surface area contributed by atoms with E-state index in [-0.39, 0.29) is 11.2 Å². The van der Waals surface area contributed by atoms with E-state index in [4.69, 9.17) is 0 Å². The van der Waals surface area contributed by atoms with Gasteiger partial charge in [0.15, 0.2) is 9.84 Å². The molecule has 2 nitrogen and oxygen atoms in total.